The van der Waals surface area contributed by atoms with Gasteiger partial charge in [-0.1, -0.05) is 0 Å². The third-order valence-electron chi connectivity index (χ3n) is 3.20. The van der Waals surface area contributed by atoms with E-state index < -0.39 is 6.04 Å². The van der Waals surface area contributed by atoms with Crippen LogP contribution in [0.1, 0.15) is 19.8 Å². The summed E-state index contributed by atoms with van der Waals surface area (Å²) in [6.45, 7) is 4.23. The van der Waals surface area contributed by atoms with Gasteiger partial charge in [-0.15, -0.1) is 0 Å². The molecule has 0 spiro atoms. The van der Waals surface area contributed by atoms with Crippen molar-refractivity contribution in [2.24, 2.45) is 5.73 Å². The summed E-state index contributed by atoms with van der Waals surface area (Å²) in [5, 5.41) is 0. The van der Waals surface area contributed by atoms with Crippen molar-refractivity contribution in [2.45, 2.75) is 25.8 Å². The molecule has 0 aliphatic carbocycles. The predicted molar refractivity (Wildman–Crippen MR) is 74.4 cm³/mol. The van der Waals surface area contributed by atoms with Gasteiger partial charge in [-0.25, -0.2) is 0 Å². The molecule has 1 saturated heterocycles. The Hall–Kier alpha value is -0.750. The highest BCUT2D eigenvalue weighted by molar-refractivity contribution is 7.98. The molecule has 0 aromatic rings. The number of carbonyl (C=O) groups is 2. The number of rotatable bonds is 4. The molecule has 0 radical (unpaired) electrons. The van der Waals surface area contributed by atoms with Crippen LogP contribution in [-0.2, 0) is 9.59 Å². The minimum Gasteiger partial charge on any atom is -0.341 e. The van der Waals surface area contributed by atoms with Crippen LogP contribution in [-0.4, -0.2) is 65.8 Å². The van der Waals surface area contributed by atoms with Crippen molar-refractivity contribution in [1.82, 2.24) is 9.80 Å². The monoisotopic (exact) mass is 273 g/mol. The van der Waals surface area contributed by atoms with Gasteiger partial charge in [0.2, 0.25) is 11.8 Å². The molecule has 0 aromatic heterocycles. The first-order valence-corrected chi connectivity index (χ1v) is 7.74. The van der Waals surface area contributed by atoms with Crippen molar-refractivity contribution in [3.8, 4) is 0 Å². The Kier molecular flexibility index (Phi) is 6.49. The summed E-state index contributed by atoms with van der Waals surface area (Å²) in [5.41, 5.74) is 5.89. The smallest absolute Gasteiger partial charge is 0.239 e. The Bertz CT molecular complexity index is 299. The second-order valence-corrected chi connectivity index (χ2v) is 5.56. The fourth-order valence-corrected chi connectivity index (χ4v) is 2.55. The molecule has 6 heteroatoms. The van der Waals surface area contributed by atoms with Gasteiger partial charge in [0.15, 0.2) is 0 Å². The van der Waals surface area contributed by atoms with Crippen LogP contribution in [0.4, 0.5) is 0 Å². The summed E-state index contributed by atoms with van der Waals surface area (Å²) in [6, 6.07) is -0.402. The maximum atomic E-state index is 12.1. The molecule has 2 N–H and O–H groups in total. The van der Waals surface area contributed by atoms with Crippen LogP contribution in [0.15, 0.2) is 0 Å². The first kappa shape index (κ1) is 15.3. The van der Waals surface area contributed by atoms with Crippen LogP contribution in [0.2, 0.25) is 0 Å². The molecule has 5 nitrogen and oxygen atoms in total. The van der Waals surface area contributed by atoms with Gasteiger partial charge in [0.1, 0.15) is 0 Å². The number of nitrogens with two attached hydrogens (primary N) is 1. The Balaban J connectivity index is 2.46. The lowest BCUT2D eigenvalue weighted by molar-refractivity contribution is -0.133. The van der Waals surface area contributed by atoms with Gasteiger partial charge in [-0.3, -0.25) is 9.59 Å². The van der Waals surface area contributed by atoms with Crippen LogP contribution in [0, 0.1) is 0 Å². The Morgan fingerprint density at radius 3 is 2.44 bits per heavy atom. The maximum Gasteiger partial charge on any atom is 0.239 e. The minimum atomic E-state index is -0.402. The van der Waals surface area contributed by atoms with E-state index in [2.05, 4.69) is 0 Å². The van der Waals surface area contributed by atoms with Crippen molar-refractivity contribution in [2.75, 3.05) is 38.2 Å². The molecule has 0 unspecified atom stereocenters. The van der Waals surface area contributed by atoms with Gasteiger partial charge in [-0.05, 0) is 24.9 Å². The summed E-state index contributed by atoms with van der Waals surface area (Å²) < 4.78 is 0. The van der Waals surface area contributed by atoms with Gasteiger partial charge < -0.3 is 15.5 Å². The molecule has 0 saturated carbocycles. The van der Waals surface area contributed by atoms with E-state index in [0.717, 1.165) is 18.7 Å². The fourth-order valence-electron chi connectivity index (χ4n) is 2.06. The van der Waals surface area contributed by atoms with Crippen LogP contribution < -0.4 is 5.73 Å². The number of thioether (sulfide) groups is 1. The number of hydrogen-bond acceptors (Lipinski definition) is 4. The summed E-state index contributed by atoms with van der Waals surface area (Å²) in [4.78, 5) is 27.0. The molecule has 2 amide bonds. The lowest BCUT2D eigenvalue weighted by atomic mass is 10.2. The summed E-state index contributed by atoms with van der Waals surface area (Å²) >= 11 is 1.70. The molecular formula is C12H23N3O2S. The first-order chi connectivity index (χ1) is 8.56. The average Bonchev–Trinajstić information content (AvgIpc) is 2.60. The van der Waals surface area contributed by atoms with Crippen molar-refractivity contribution >= 4 is 23.6 Å². The van der Waals surface area contributed by atoms with Crippen molar-refractivity contribution in [3.05, 3.63) is 0 Å². The Morgan fingerprint density at radius 2 is 1.83 bits per heavy atom. The van der Waals surface area contributed by atoms with Crippen molar-refractivity contribution < 1.29 is 9.59 Å². The number of carbonyl (C=O) groups excluding carboxylic acids is 2. The zero-order chi connectivity index (χ0) is 13.5. The molecule has 1 fully saturated rings. The highest BCUT2D eigenvalue weighted by Crippen LogP contribution is 2.07. The van der Waals surface area contributed by atoms with E-state index in [4.69, 9.17) is 5.73 Å². The average molecular weight is 273 g/mol. The highest BCUT2D eigenvalue weighted by atomic mass is 32.2. The minimum absolute atomic E-state index is 0.0226. The van der Waals surface area contributed by atoms with E-state index >= 15 is 0 Å². The van der Waals surface area contributed by atoms with Crippen molar-refractivity contribution in [3.63, 3.8) is 0 Å². The van der Waals surface area contributed by atoms with Gasteiger partial charge in [-0.2, -0.15) is 11.8 Å². The van der Waals surface area contributed by atoms with E-state index in [1.807, 2.05) is 6.26 Å². The van der Waals surface area contributed by atoms with E-state index in [9.17, 15) is 9.59 Å². The molecule has 1 aliphatic heterocycles. The molecule has 1 atom stereocenters. The number of amides is 2. The number of hydrogen-bond donors (Lipinski definition) is 1. The second kappa shape index (κ2) is 7.63. The fraction of sp³-hybridized carbons (Fsp3) is 0.833. The maximum absolute atomic E-state index is 12.1. The van der Waals surface area contributed by atoms with Crippen LogP contribution >= 0.6 is 11.8 Å². The third-order valence-corrected chi connectivity index (χ3v) is 3.85. The molecule has 1 aliphatic rings. The summed E-state index contributed by atoms with van der Waals surface area (Å²) in [5.74, 6) is 1.01. The lowest BCUT2D eigenvalue weighted by Crippen LogP contribution is -2.45. The largest absolute Gasteiger partial charge is 0.341 e. The highest BCUT2D eigenvalue weighted by Gasteiger charge is 2.23. The summed E-state index contributed by atoms with van der Waals surface area (Å²) in [6.07, 6.45) is 3.56. The van der Waals surface area contributed by atoms with E-state index in [0.29, 0.717) is 26.1 Å². The zero-order valence-corrected chi connectivity index (χ0v) is 12.0. The molecule has 18 heavy (non-hydrogen) atoms. The van der Waals surface area contributed by atoms with Gasteiger partial charge in [0.05, 0.1) is 6.04 Å². The normalized spacial score (nSPS) is 18.4. The zero-order valence-electron chi connectivity index (χ0n) is 11.2. The Morgan fingerprint density at radius 1 is 1.22 bits per heavy atom. The van der Waals surface area contributed by atoms with E-state index in [1.165, 1.54) is 0 Å². The predicted octanol–water partition coefficient (Wildman–Crippen LogP) is 0.148. The quantitative estimate of drug-likeness (QED) is 0.791. The van der Waals surface area contributed by atoms with E-state index in [-0.39, 0.29) is 11.8 Å². The SMILES string of the molecule is CSCC[C@H](N)C(=O)N1CCCN(C(C)=O)CC1. The topological polar surface area (TPSA) is 66.6 Å². The second-order valence-electron chi connectivity index (χ2n) is 4.57. The van der Waals surface area contributed by atoms with Crippen LogP contribution in [0.5, 0.6) is 0 Å². The molecule has 0 aromatic carbocycles. The van der Waals surface area contributed by atoms with Crippen LogP contribution in [0.3, 0.4) is 0 Å². The van der Waals surface area contributed by atoms with Gasteiger partial charge in [0.25, 0.3) is 0 Å². The summed E-state index contributed by atoms with van der Waals surface area (Å²) in [7, 11) is 0. The molecule has 0 bridgehead atoms. The third kappa shape index (κ3) is 4.49. The van der Waals surface area contributed by atoms with E-state index in [1.54, 1.807) is 28.5 Å². The molecule has 1 rings (SSSR count). The van der Waals surface area contributed by atoms with Gasteiger partial charge in [0, 0.05) is 33.1 Å². The van der Waals surface area contributed by atoms with Crippen LogP contribution in [0.25, 0.3) is 0 Å². The first-order valence-electron chi connectivity index (χ1n) is 6.35. The number of nitrogens with zero attached hydrogens (tertiary/aromatic N) is 2. The van der Waals surface area contributed by atoms with Crippen molar-refractivity contribution in [1.29, 1.82) is 0 Å². The molecule has 1 heterocycles. The molecule has 104 valence electrons. The molecular weight excluding hydrogens is 250 g/mol. The standard InChI is InChI=1S/C12H23N3O2S/c1-10(16)14-5-3-6-15(8-7-14)12(17)11(13)4-9-18-2/h11H,3-9,13H2,1-2H3/t11-/m0/s1. The lowest BCUT2D eigenvalue weighted by Gasteiger charge is -2.24. The van der Waals surface area contributed by atoms with Gasteiger partial charge >= 0.3 is 0 Å². The Labute approximate surface area is 113 Å².